The highest BCUT2D eigenvalue weighted by molar-refractivity contribution is 6.42. The number of carboxylic acid groups (broad SMARTS) is 1. The number of hydrogen-bond acceptors (Lipinski definition) is 2. The molecule has 0 spiro atoms. The molecule has 0 saturated carbocycles. The van der Waals surface area contributed by atoms with Crippen molar-refractivity contribution in [3.63, 3.8) is 0 Å². The van der Waals surface area contributed by atoms with Gasteiger partial charge in [-0.05, 0) is 41.8 Å². The summed E-state index contributed by atoms with van der Waals surface area (Å²) in [4.78, 5) is 16.6. The first kappa shape index (κ1) is 22.4. The highest BCUT2D eigenvalue weighted by Crippen LogP contribution is 2.28. The van der Waals surface area contributed by atoms with Crippen molar-refractivity contribution < 1.29 is 9.90 Å². The Morgan fingerprint density at radius 2 is 1.87 bits per heavy atom. The maximum Gasteiger partial charge on any atom is 0.336 e. The van der Waals surface area contributed by atoms with Crippen LogP contribution in [0.5, 0.6) is 0 Å². The molecule has 0 unspecified atom stereocenters. The summed E-state index contributed by atoms with van der Waals surface area (Å²) in [5.74, 6) is -0.170. The minimum atomic E-state index is -1.06. The van der Waals surface area contributed by atoms with E-state index in [-0.39, 0.29) is 5.57 Å². The van der Waals surface area contributed by atoms with E-state index in [0.717, 1.165) is 30.7 Å². The van der Waals surface area contributed by atoms with Gasteiger partial charge in [0.1, 0.15) is 5.82 Å². The molecule has 0 amide bonds. The molecule has 3 aromatic rings. The average molecular weight is 464 g/mol. The Labute approximate surface area is 190 Å². The monoisotopic (exact) mass is 462 g/mol. The van der Waals surface area contributed by atoms with E-state index >= 15 is 0 Å². The Balaban J connectivity index is 2.08. The third-order valence-corrected chi connectivity index (χ3v) is 5.87. The molecule has 0 radical (unpaired) electrons. The van der Waals surface area contributed by atoms with Gasteiger partial charge in [0.05, 0.1) is 34.1 Å². The van der Waals surface area contributed by atoms with Crippen molar-refractivity contribution in [1.82, 2.24) is 9.55 Å². The number of hydrogen-bond donors (Lipinski definition) is 1. The summed E-state index contributed by atoms with van der Waals surface area (Å²) in [6.45, 7) is 2.62. The SMILES string of the molecule is CCCCc1ncc(/C=C(/C(=O)O)c2ccc(Cl)c(Cl)c2)n1Cc1ccccc1Cl. The normalized spacial score (nSPS) is 11.7. The molecule has 0 aliphatic rings. The molecule has 1 heterocycles. The van der Waals surface area contributed by atoms with Gasteiger partial charge in [0.2, 0.25) is 0 Å². The lowest BCUT2D eigenvalue weighted by Gasteiger charge is -2.13. The van der Waals surface area contributed by atoms with Crippen LogP contribution < -0.4 is 0 Å². The molecule has 1 aromatic heterocycles. The van der Waals surface area contributed by atoms with Crippen molar-refractivity contribution in [3.05, 3.63) is 86.4 Å². The van der Waals surface area contributed by atoms with Crippen LogP contribution in [0, 0.1) is 0 Å². The molecule has 2 aromatic carbocycles. The first-order chi connectivity index (χ1) is 14.4. The first-order valence-electron chi connectivity index (χ1n) is 9.59. The lowest BCUT2D eigenvalue weighted by atomic mass is 10.0. The summed E-state index contributed by atoms with van der Waals surface area (Å²) >= 11 is 18.4. The molecule has 0 saturated heterocycles. The van der Waals surface area contributed by atoms with Crippen LogP contribution in [0.3, 0.4) is 0 Å². The summed E-state index contributed by atoms with van der Waals surface area (Å²) in [5.41, 5.74) is 2.20. The fourth-order valence-corrected chi connectivity index (χ4v) is 3.63. The number of benzene rings is 2. The molecule has 0 bridgehead atoms. The topological polar surface area (TPSA) is 55.1 Å². The fraction of sp³-hybridized carbons (Fsp3) is 0.217. The van der Waals surface area contributed by atoms with Crippen molar-refractivity contribution in [2.24, 2.45) is 0 Å². The van der Waals surface area contributed by atoms with Gasteiger partial charge < -0.3 is 9.67 Å². The van der Waals surface area contributed by atoms with Gasteiger partial charge in [0.25, 0.3) is 0 Å². The highest BCUT2D eigenvalue weighted by Gasteiger charge is 2.16. The number of aromatic nitrogens is 2. The van der Waals surface area contributed by atoms with Crippen LogP contribution in [-0.2, 0) is 17.8 Å². The minimum absolute atomic E-state index is 0.107. The van der Waals surface area contributed by atoms with Crippen molar-refractivity contribution in [2.75, 3.05) is 0 Å². The van der Waals surface area contributed by atoms with Crippen LogP contribution in [0.15, 0.2) is 48.7 Å². The summed E-state index contributed by atoms with van der Waals surface area (Å²) in [5, 5.41) is 11.2. The largest absolute Gasteiger partial charge is 0.478 e. The molecule has 0 fully saturated rings. The summed E-state index contributed by atoms with van der Waals surface area (Å²) < 4.78 is 2.01. The van der Waals surface area contributed by atoms with Gasteiger partial charge in [0, 0.05) is 11.4 Å². The Hall–Kier alpha value is -2.27. The highest BCUT2D eigenvalue weighted by atomic mass is 35.5. The molecule has 30 heavy (non-hydrogen) atoms. The Morgan fingerprint density at radius 3 is 2.53 bits per heavy atom. The van der Waals surface area contributed by atoms with Crippen molar-refractivity contribution in [1.29, 1.82) is 0 Å². The molecule has 156 valence electrons. The molecular weight excluding hydrogens is 443 g/mol. The van der Waals surface area contributed by atoms with Gasteiger partial charge in [-0.15, -0.1) is 0 Å². The molecule has 4 nitrogen and oxygen atoms in total. The zero-order valence-electron chi connectivity index (χ0n) is 16.4. The molecule has 0 atom stereocenters. The van der Waals surface area contributed by atoms with Crippen molar-refractivity contribution >= 4 is 52.4 Å². The number of nitrogens with zero attached hydrogens (tertiary/aromatic N) is 2. The second-order valence-electron chi connectivity index (χ2n) is 6.87. The standard InChI is InChI=1S/C23H21Cl3N2O2/c1-2-3-8-22-27-13-17(28(22)14-16-6-4-5-7-19(16)24)12-18(23(29)30)15-9-10-20(25)21(26)11-15/h4-7,9-13H,2-3,8,14H2,1H3,(H,29,30)/b18-12+. The maximum atomic E-state index is 12.0. The van der Waals surface area contributed by atoms with E-state index in [1.54, 1.807) is 30.5 Å². The third-order valence-electron chi connectivity index (χ3n) is 4.76. The molecular formula is C23H21Cl3N2O2. The van der Waals surface area contributed by atoms with E-state index in [1.807, 2.05) is 28.8 Å². The average Bonchev–Trinajstić information content (AvgIpc) is 3.09. The van der Waals surface area contributed by atoms with Crippen molar-refractivity contribution in [2.45, 2.75) is 32.7 Å². The van der Waals surface area contributed by atoms with Gasteiger partial charge in [-0.1, -0.05) is 72.4 Å². The number of imidazole rings is 1. The number of aliphatic carboxylic acids is 1. The Bertz CT molecular complexity index is 1090. The van der Waals surface area contributed by atoms with E-state index in [4.69, 9.17) is 34.8 Å². The lowest BCUT2D eigenvalue weighted by molar-refractivity contribution is -0.130. The van der Waals surface area contributed by atoms with Crippen LogP contribution in [-0.4, -0.2) is 20.6 Å². The number of aryl methyl sites for hydroxylation is 1. The summed E-state index contributed by atoms with van der Waals surface area (Å²) in [7, 11) is 0. The van der Waals surface area contributed by atoms with Crippen LogP contribution in [0.1, 0.15) is 42.4 Å². The van der Waals surface area contributed by atoms with E-state index in [2.05, 4.69) is 11.9 Å². The smallest absolute Gasteiger partial charge is 0.336 e. The van der Waals surface area contributed by atoms with Crippen LogP contribution >= 0.6 is 34.8 Å². The molecule has 7 heteroatoms. The van der Waals surface area contributed by atoms with Crippen LogP contribution in [0.2, 0.25) is 15.1 Å². The number of carbonyl (C=O) groups is 1. The Kier molecular flexibility index (Phi) is 7.59. The molecule has 3 rings (SSSR count). The van der Waals surface area contributed by atoms with Crippen LogP contribution in [0.25, 0.3) is 11.6 Å². The predicted molar refractivity (Wildman–Crippen MR) is 123 cm³/mol. The van der Waals surface area contributed by atoms with Gasteiger partial charge in [-0.25, -0.2) is 9.78 Å². The molecule has 0 aliphatic heterocycles. The molecule has 1 N–H and O–H groups in total. The van der Waals surface area contributed by atoms with Gasteiger partial charge in [-0.3, -0.25) is 0 Å². The second-order valence-corrected chi connectivity index (χ2v) is 8.09. The number of rotatable bonds is 8. The maximum absolute atomic E-state index is 12.0. The quantitative estimate of drug-likeness (QED) is 0.371. The summed E-state index contributed by atoms with van der Waals surface area (Å²) in [6.07, 6.45) is 6.13. The lowest BCUT2D eigenvalue weighted by Crippen LogP contribution is -2.09. The fourth-order valence-electron chi connectivity index (χ4n) is 3.14. The minimum Gasteiger partial charge on any atom is -0.478 e. The van der Waals surface area contributed by atoms with E-state index in [1.165, 1.54) is 0 Å². The number of halogens is 3. The van der Waals surface area contributed by atoms with E-state index < -0.39 is 5.97 Å². The Morgan fingerprint density at radius 1 is 1.10 bits per heavy atom. The third kappa shape index (κ3) is 5.25. The molecule has 0 aliphatic carbocycles. The van der Waals surface area contributed by atoms with Gasteiger partial charge in [-0.2, -0.15) is 0 Å². The predicted octanol–water partition coefficient (Wildman–Crippen LogP) is 6.86. The van der Waals surface area contributed by atoms with Crippen molar-refractivity contribution in [3.8, 4) is 0 Å². The zero-order valence-corrected chi connectivity index (χ0v) is 18.7. The van der Waals surface area contributed by atoms with E-state index in [9.17, 15) is 9.90 Å². The zero-order chi connectivity index (χ0) is 21.7. The summed E-state index contributed by atoms with van der Waals surface area (Å²) in [6, 6.07) is 12.4. The van der Waals surface area contributed by atoms with Gasteiger partial charge in [0.15, 0.2) is 0 Å². The van der Waals surface area contributed by atoms with E-state index in [0.29, 0.717) is 32.9 Å². The number of unbranched alkanes of at least 4 members (excludes halogenated alkanes) is 1. The second kappa shape index (κ2) is 10.2. The number of carboxylic acids is 1. The van der Waals surface area contributed by atoms with Gasteiger partial charge >= 0.3 is 5.97 Å². The van der Waals surface area contributed by atoms with Crippen LogP contribution in [0.4, 0.5) is 0 Å². The first-order valence-corrected chi connectivity index (χ1v) is 10.7.